The number of amides is 1. The Labute approximate surface area is 169 Å². The van der Waals surface area contributed by atoms with Crippen molar-refractivity contribution < 1.29 is 9.53 Å². The van der Waals surface area contributed by atoms with E-state index in [-0.39, 0.29) is 5.91 Å². The molecule has 28 heavy (non-hydrogen) atoms. The molecule has 0 aliphatic heterocycles. The summed E-state index contributed by atoms with van der Waals surface area (Å²) in [6.07, 6.45) is 1.24. The van der Waals surface area contributed by atoms with Crippen molar-refractivity contribution >= 4 is 33.3 Å². The maximum absolute atomic E-state index is 12.1. The average molecular weight is 399 g/mol. The number of benzene rings is 1. The van der Waals surface area contributed by atoms with Crippen LogP contribution in [0.3, 0.4) is 0 Å². The van der Waals surface area contributed by atoms with Crippen LogP contribution in [0.5, 0.6) is 0 Å². The standard InChI is InChI=1S/C21H26N4O2S/c1-15-23-20(25(2)12-10-19(26)22-11-7-13-27-3)17-14-18(28-21(17)24-15)16-8-5-4-6-9-16/h4-6,8-9,14H,7,10-13H2,1-3H3,(H,22,26). The summed E-state index contributed by atoms with van der Waals surface area (Å²) in [5, 5.41) is 3.95. The van der Waals surface area contributed by atoms with Gasteiger partial charge in [-0.1, -0.05) is 30.3 Å². The third-order valence-corrected chi connectivity index (χ3v) is 5.50. The quantitative estimate of drug-likeness (QED) is 0.557. The van der Waals surface area contributed by atoms with Crippen LogP contribution in [0.4, 0.5) is 5.82 Å². The van der Waals surface area contributed by atoms with Gasteiger partial charge in [-0.25, -0.2) is 9.97 Å². The van der Waals surface area contributed by atoms with Crippen LogP contribution in [-0.4, -0.2) is 49.7 Å². The fourth-order valence-electron chi connectivity index (χ4n) is 2.95. The summed E-state index contributed by atoms with van der Waals surface area (Å²) in [7, 11) is 3.63. The first-order chi connectivity index (χ1) is 13.6. The number of hydrogen-bond acceptors (Lipinski definition) is 6. The number of carbonyl (C=O) groups is 1. The van der Waals surface area contributed by atoms with E-state index in [2.05, 4.69) is 33.5 Å². The first-order valence-electron chi connectivity index (χ1n) is 9.39. The zero-order chi connectivity index (χ0) is 19.9. The number of thiophene rings is 1. The van der Waals surface area contributed by atoms with Gasteiger partial charge < -0.3 is 15.0 Å². The molecule has 2 heterocycles. The molecule has 0 aliphatic carbocycles. The molecule has 0 bridgehead atoms. The molecule has 0 fully saturated rings. The van der Waals surface area contributed by atoms with Gasteiger partial charge in [0.15, 0.2) is 0 Å². The van der Waals surface area contributed by atoms with Gasteiger partial charge in [-0.2, -0.15) is 0 Å². The van der Waals surface area contributed by atoms with Crippen molar-refractivity contribution in [2.75, 3.05) is 38.8 Å². The molecule has 0 aliphatic rings. The molecule has 0 unspecified atom stereocenters. The van der Waals surface area contributed by atoms with Crippen LogP contribution < -0.4 is 10.2 Å². The van der Waals surface area contributed by atoms with Crippen molar-refractivity contribution in [2.45, 2.75) is 19.8 Å². The number of aryl methyl sites for hydroxylation is 1. The summed E-state index contributed by atoms with van der Waals surface area (Å²) in [5.41, 5.74) is 1.17. The van der Waals surface area contributed by atoms with E-state index in [1.165, 1.54) is 10.4 Å². The summed E-state index contributed by atoms with van der Waals surface area (Å²) in [4.78, 5) is 25.5. The van der Waals surface area contributed by atoms with Gasteiger partial charge in [-0.05, 0) is 25.0 Å². The molecule has 0 atom stereocenters. The Kier molecular flexibility index (Phi) is 6.95. The first-order valence-corrected chi connectivity index (χ1v) is 10.2. The zero-order valence-corrected chi connectivity index (χ0v) is 17.4. The van der Waals surface area contributed by atoms with Crippen LogP contribution in [0.25, 0.3) is 20.7 Å². The van der Waals surface area contributed by atoms with Crippen LogP contribution >= 0.6 is 11.3 Å². The Bertz CT molecular complexity index is 927. The van der Waals surface area contributed by atoms with Gasteiger partial charge in [0, 0.05) is 45.2 Å². The number of methoxy groups -OCH3 is 1. The van der Waals surface area contributed by atoms with Crippen LogP contribution in [-0.2, 0) is 9.53 Å². The van der Waals surface area contributed by atoms with Crippen molar-refractivity contribution in [3.05, 3.63) is 42.2 Å². The lowest BCUT2D eigenvalue weighted by molar-refractivity contribution is -0.120. The SMILES string of the molecule is COCCCNC(=O)CCN(C)c1nc(C)nc2sc(-c3ccccc3)cc12. The Morgan fingerprint density at radius 2 is 2.04 bits per heavy atom. The molecule has 0 saturated heterocycles. The molecule has 148 valence electrons. The van der Waals surface area contributed by atoms with Crippen molar-refractivity contribution in [2.24, 2.45) is 0 Å². The van der Waals surface area contributed by atoms with Gasteiger partial charge in [-0.3, -0.25) is 4.79 Å². The van der Waals surface area contributed by atoms with Gasteiger partial charge in [-0.15, -0.1) is 11.3 Å². The lowest BCUT2D eigenvalue weighted by atomic mass is 10.2. The lowest BCUT2D eigenvalue weighted by Crippen LogP contribution is -2.30. The molecule has 7 heteroatoms. The van der Waals surface area contributed by atoms with E-state index in [0.717, 1.165) is 28.3 Å². The van der Waals surface area contributed by atoms with Crippen molar-refractivity contribution in [1.29, 1.82) is 0 Å². The number of rotatable bonds is 9. The number of aromatic nitrogens is 2. The van der Waals surface area contributed by atoms with Crippen LogP contribution in [0.1, 0.15) is 18.7 Å². The molecule has 3 aromatic rings. The molecule has 1 aromatic carbocycles. The third kappa shape index (κ3) is 5.05. The molecule has 6 nitrogen and oxygen atoms in total. The number of hydrogen-bond donors (Lipinski definition) is 1. The molecule has 1 amide bonds. The Morgan fingerprint density at radius 3 is 2.79 bits per heavy atom. The summed E-state index contributed by atoms with van der Waals surface area (Å²) >= 11 is 1.67. The van der Waals surface area contributed by atoms with Gasteiger partial charge >= 0.3 is 0 Å². The number of ether oxygens (including phenoxy) is 1. The van der Waals surface area contributed by atoms with Gasteiger partial charge in [0.05, 0.1) is 5.39 Å². The Balaban J connectivity index is 1.73. The number of nitrogens with zero attached hydrogens (tertiary/aromatic N) is 3. The van der Waals surface area contributed by atoms with E-state index in [1.54, 1.807) is 18.4 Å². The van der Waals surface area contributed by atoms with Crippen LogP contribution in [0.15, 0.2) is 36.4 Å². The first kappa shape index (κ1) is 20.2. The highest BCUT2D eigenvalue weighted by atomic mass is 32.1. The molecule has 2 aromatic heterocycles. The maximum Gasteiger partial charge on any atom is 0.221 e. The molecule has 1 N–H and O–H groups in total. The number of nitrogens with one attached hydrogen (secondary N) is 1. The van der Waals surface area contributed by atoms with E-state index in [1.807, 2.05) is 37.1 Å². The minimum atomic E-state index is 0.0419. The summed E-state index contributed by atoms with van der Waals surface area (Å²) < 4.78 is 4.99. The van der Waals surface area contributed by atoms with Gasteiger partial charge in [0.2, 0.25) is 5.91 Å². The lowest BCUT2D eigenvalue weighted by Gasteiger charge is -2.19. The van der Waals surface area contributed by atoms with Gasteiger partial charge in [0.1, 0.15) is 16.5 Å². The van der Waals surface area contributed by atoms with E-state index in [9.17, 15) is 4.79 Å². The second-order valence-electron chi connectivity index (χ2n) is 6.66. The highest BCUT2D eigenvalue weighted by molar-refractivity contribution is 7.21. The molecular weight excluding hydrogens is 372 g/mol. The minimum Gasteiger partial charge on any atom is -0.385 e. The minimum absolute atomic E-state index is 0.0419. The van der Waals surface area contributed by atoms with E-state index in [0.29, 0.717) is 26.1 Å². The topological polar surface area (TPSA) is 67.3 Å². The summed E-state index contributed by atoms with van der Waals surface area (Å²) in [6.45, 7) is 3.79. The number of carbonyl (C=O) groups excluding carboxylic acids is 1. The smallest absolute Gasteiger partial charge is 0.221 e. The molecular formula is C21H26N4O2S. The monoisotopic (exact) mass is 398 g/mol. The third-order valence-electron chi connectivity index (χ3n) is 4.43. The largest absolute Gasteiger partial charge is 0.385 e. The van der Waals surface area contributed by atoms with Crippen molar-refractivity contribution in [3.8, 4) is 10.4 Å². The second-order valence-corrected chi connectivity index (χ2v) is 7.69. The fraction of sp³-hybridized carbons (Fsp3) is 0.381. The maximum atomic E-state index is 12.1. The van der Waals surface area contributed by atoms with Crippen LogP contribution in [0.2, 0.25) is 0 Å². The average Bonchev–Trinajstić information content (AvgIpc) is 3.13. The van der Waals surface area contributed by atoms with E-state index in [4.69, 9.17) is 4.74 Å². The predicted molar refractivity (Wildman–Crippen MR) is 115 cm³/mol. The normalized spacial score (nSPS) is 11.0. The Morgan fingerprint density at radius 1 is 1.25 bits per heavy atom. The highest BCUT2D eigenvalue weighted by Gasteiger charge is 2.15. The van der Waals surface area contributed by atoms with E-state index >= 15 is 0 Å². The second kappa shape index (κ2) is 9.61. The van der Waals surface area contributed by atoms with Gasteiger partial charge in [0.25, 0.3) is 0 Å². The summed E-state index contributed by atoms with van der Waals surface area (Å²) in [6, 6.07) is 12.4. The number of fused-ring (bicyclic) bond motifs is 1. The number of anilines is 1. The molecule has 0 radical (unpaired) electrons. The fourth-order valence-corrected chi connectivity index (χ4v) is 4.03. The zero-order valence-electron chi connectivity index (χ0n) is 16.6. The predicted octanol–water partition coefficient (Wildman–Crippen LogP) is 3.65. The van der Waals surface area contributed by atoms with E-state index < -0.39 is 0 Å². The summed E-state index contributed by atoms with van der Waals surface area (Å²) in [5.74, 6) is 1.65. The van der Waals surface area contributed by atoms with Crippen LogP contribution in [0, 0.1) is 6.92 Å². The van der Waals surface area contributed by atoms with Crippen molar-refractivity contribution in [3.63, 3.8) is 0 Å². The highest BCUT2D eigenvalue weighted by Crippen LogP contribution is 2.36. The van der Waals surface area contributed by atoms with Crippen molar-refractivity contribution in [1.82, 2.24) is 15.3 Å². The molecule has 0 saturated carbocycles. The molecule has 3 rings (SSSR count). The molecule has 0 spiro atoms. The Hall–Kier alpha value is -2.51.